The van der Waals surface area contributed by atoms with E-state index in [0.29, 0.717) is 0 Å². The van der Waals surface area contributed by atoms with Crippen molar-refractivity contribution in [3.63, 3.8) is 0 Å². The molecule has 1 aliphatic heterocycles. The van der Waals surface area contributed by atoms with Crippen LogP contribution in [0.15, 0.2) is 46.2 Å². The Morgan fingerprint density at radius 2 is 1.90 bits per heavy atom. The number of anilines is 2. The second kappa shape index (κ2) is 5.46. The Balaban J connectivity index is 2.04. The Bertz CT molecular complexity index is 625. The van der Waals surface area contributed by atoms with Gasteiger partial charge in [-0.05, 0) is 45.3 Å². The molecule has 0 unspecified atom stereocenters. The van der Waals surface area contributed by atoms with Gasteiger partial charge in [-0.15, -0.1) is 0 Å². The molecule has 1 aromatic heterocycles. The number of aryl methyl sites for hydroxylation is 1. The third-order valence-corrected chi connectivity index (χ3v) is 4.48. The maximum atomic E-state index is 4.76. The van der Waals surface area contributed by atoms with E-state index in [1.165, 1.54) is 15.5 Å². The van der Waals surface area contributed by atoms with Crippen LogP contribution in [-0.2, 0) is 0 Å². The van der Waals surface area contributed by atoms with Gasteiger partial charge in [0.2, 0.25) is 0 Å². The average Bonchev–Trinajstić information content (AvgIpc) is 2.43. The first-order valence-electron chi connectivity index (χ1n) is 6.82. The Labute approximate surface area is 124 Å². The average molecular weight is 285 g/mol. The molecule has 0 atom stereocenters. The Hall–Kier alpha value is -1.52. The van der Waals surface area contributed by atoms with Crippen LogP contribution in [0.25, 0.3) is 0 Å². The van der Waals surface area contributed by atoms with Crippen molar-refractivity contribution >= 4 is 23.3 Å². The van der Waals surface area contributed by atoms with Gasteiger partial charge in [0.1, 0.15) is 5.82 Å². The molecule has 1 aromatic carbocycles. The molecule has 104 valence electrons. The van der Waals surface area contributed by atoms with E-state index in [0.717, 1.165) is 24.6 Å². The van der Waals surface area contributed by atoms with E-state index in [2.05, 4.69) is 67.2 Å². The maximum Gasteiger partial charge on any atom is 0.147 e. The second-order valence-corrected chi connectivity index (χ2v) is 6.38. The highest BCUT2D eigenvalue weighted by Gasteiger charge is 2.24. The Morgan fingerprint density at radius 3 is 2.70 bits per heavy atom. The van der Waals surface area contributed by atoms with Crippen LogP contribution in [0.5, 0.6) is 0 Å². The van der Waals surface area contributed by atoms with Crippen LogP contribution in [0.2, 0.25) is 0 Å². The normalized spacial score (nSPS) is 13.3. The zero-order chi connectivity index (χ0) is 14.1. The molecular formula is C16H19N3S. The molecule has 1 aliphatic rings. The highest BCUT2D eigenvalue weighted by atomic mass is 32.2. The molecule has 0 saturated carbocycles. The van der Waals surface area contributed by atoms with Gasteiger partial charge in [0.25, 0.3) is 0 Å². The number of para-hydroxylation sites is 1. The summed E-state index contributed by atoms with van der Waals surface area (Å²) in [5.74, 6) is 1.09. The third kappa shape index (κ3) is 2.53. The number of fused-ring (bicyclic) bond motifs is 2. The first kappa shape index (κ1) is 13.5. The van der Waals surface area contributed by atoms with E-state index in [-0.39, 0.29) is 0 Å². The largest absolute Gasteiger partial charge is 0.323 e. The highest BCUT2D eigenvalue weighted by molar-refractivity contribution is 7.99. The van der Waals surface area contributed by atoms with Crippen molar-refractivity contribution < 1.29 is 0 Å². The lowest BCUT2D eigenvalue weighted by atomic mass is 10.2. The molecule has 0 spiro atoms. The number of hydrogen-bond acceptors (Lipinski definition) is 4. The minimum Gasteiger partial charge on any atom is -0.323 e. The van der Waals surface area contributed by atoms with E-state index in [1.54, 1.807) is 0 Å². The van der Waals surface area contributed by atoms with Crippen LogP contribution < -0.4 is 4.90 Å². The Kier molecular flexibility index (Phi) is 3.68. The molecule has 0 bridgehead atoms. The maximum absolute atomic E-state index is 4.76. The van der Waals surface area contributed by atoms with Gasteiger partial charge >= 0.3 is 0 Å². The van der Waals surface area contributed by atoms with Gasteiger partial charge in [0.15, 0.2) is 0 Å². The summed E-state index contributed by atoms with van der Waals surface area (Å²) in [4.78, 5) is 11.9. The van der Waals surface area contributed by atoms with Crippen LogP contribution >= 0.6 is 11.8 Å². The van der Waals surface area contributed by atoms with E-state index in [9.17, 15) is 0 Å². The number of likely N-dealkylation sites (N-methyl/N-ethyl adjacent to an activating group) is 1. The summed E-state index contributed by atoms with van der Waals surface area (Å²) >= 11 is 1.81. The smallest absolute Gasteiger partial charge is 0.147 e. The standard InChI is InChI=1S/C16H19N3S/c1-12-8-9-15-16(17-12)19(11-10-18(2)3)13-6-4-5-7-14(13)20-15/h4-9H,10-11H2,1-3H3. The van der Waals surface area contributed by atoms with Crippen LogP contribution in [0.1, 0.15) is 5.69 Å². The van der Waals surface area contributed by atoms with Gasteiger partial charge in [0.05, 0.1) is 10.6 Å². The molecule has 0 radical (unpaired) electrons. The van der Waals surface area contributed by atoms with Gasteiger partial charge in [-0.25, -0.2) is 4.98 Å². The molecule has 3 rings (SSSR count). The number of nitrogens with zero attached hydrogens (tertiary/aromatic N) is 3. The Morgan fingerprint density at radius 1 is 1.10 bits per heavy atom. The van der Waals surface area contributed by atoms with Gasteiger partial charge in [-0.1, -0.05) is 23.9 Å². The van der Waals surface area contributed by atoms with Gasteiger partial charge in [-0.2, -0.15) is 0 Å². The number of aromatic nitrogens is 1. The number of hydrogen-bond donors (Lipinski definition) is 0. The summed E-state index contributed by atoms with van der Waals surface area (Å²) in [5.41, 5.74) is 2.34. The molecule has 2 heterocycles. The number of rotatable bonds is 3. The molecule has 0 amide bonds. The lowest BCUT2D eigenvalue weighted by Gasteiger charge is -2.32. The quantitative estimate of drug-likeness (QED) is 0.858. The van der Waals surface area contributed by atoms with Crippen molar-refractivity contribution in [3.8, 4) is 0 Å². The highest BCUT2D eigenvalue weighted by Crippen LogP contribution is 2.46. The summed E-state index contributed by atoms with van der Waals surface area (Å²) in [6, 6.07) is 12.8. The monoisotopic (exact) mass is 285 g/mol. The SMILES string of the molecule is Cc1ccc2c(n1)N(CCN(C)C)c1ccccc1S2. The van der Waals surface area contributed by atoms with Crippen molar-refractivity contribution in [3.05, 3.63) is 42.1 Å². The zero-order valence-corrected chi connectivity index (χ0v) is 12.9. The topological polar surface area (TPSA) is 19.4 Å². The molecule has 20 heavy (non-hydrogen) atoms. The summed E-state index contributed by atoms with van der Waals surface area (Å²) in [6.45, 7) is 4.01. The molecule has 0 aliphatic carbocycles. The van der Waals surface area contributed by atoms with Crippen molar-refractivity contribution in [2.24, 2.45) is 0 Å². The molecule has 2 aromatic rings. The molecule has 3 nitrogen and oxygen atoms in total. The van der Waals surface area contributed by atoms with Crippen LogP contribution in [0, 0.1) is 6.92 Å². The van der Waals surface area contributed by atoms with E-state index in [1.807, 2.05) is 11.8 Å². The van der Waals surface area contributed by atoms with Crippen molar-refractivity contribution in [2.75, 3.05) is 32.1 Å². The fourth-order valence-electron chi connectivity index (χ4n) is 2.33. The first-order chi connectivity index (χ1) is 9.65. The molecule has 0 fully saturated rings. The summed E-state index contributed by atoms with van der Waals surface area (Å²) < 4.78 is 0. The van der Waals surface area contributed by atoms with E-state index < -0.39 is 0 Å². The summed E-state index contributed by atoms with van der Waals surface area (Å²) in [6.07, 6.45) is 0. The third-order valence-electron chi connectivity index (χ3n) is 3.38. The zero-order valence-electron chi connectivity index (χ0n) is 12.1. The second-order valence-electron chi connectivity index (χ2n) is 5.30. The van der Waals surface area contributed by atoms with Crippen LogP contribution in [-0.4, -0.2) is 37.1 Å². The molecule has 0 N–H and O–H groups in total. The lowest BCUT2D eigenvalue weighted by Crippen LogP contribution is -2.30. The van der Waals surface area contributed by atoms with Crippen molar-refractivity contribution in [2.45, 2.75) is 16.7 Å². The van der Waals surface area contributed by atoms with Gasteiger partial charge in [-0.3, -0.25) is 0 Å². The minimum atomic E-state index is 0.952. The van der Waals surface area contributed by atoms with E-state index in [4.69, 9.17) is 4.98 Å². The predicted octanol–water partition coefficient (Wildman–Crippen LogP) is 3.55. The summed E-state index contributed by atoms with van der Waals surface area (Å²) in [7, 11) is 4.21. The van der Waals surface area contributed by atoms with Crippen molar-refractivity contribution in [1.29, 1.82) is 0 Å². The fourth-order valence-corrected chi connectivity index (χ4v) is 3.38. The molecular weight excluding hydrogens is 266 g/mol. The lowest BCUT2D eigenvalue weighted by molar-refractivity contribution is 0.418. The number of benzene rings is 1. The fraction of sp³-hybridized carbons (Fsp3) is 0.312. The minimum absolute atomic E-state index is 0.952. The van der Waals surface area contributed by atoms with Crippen LogP contribution in [0.3, 0.4) is 0 Å². The predicted molar refractivity (Wildman–Crippen MR) is 85.1 cm³/mol. The first-order valence-corrected chi connectivity index (χ1v) is 7.63. The molecule has 4 heteroatoms. The number of pyridine rings is 1. The summed E-state index contributed by atoms with van der Waals surface area (Å²) in [5, 5.41) is 0. The van der Waals surface area contributed by atoms with Gasteiger partial charge < -0.3 is 9.80 Å². The van der Waals surface area contributed by atoms with Crippen molar-refractivity contribution in [1.82, 2.24) is 9.88 Å². The van der Waals surface area contributed by atoms with Gasteiger partial charge in [0, 0.05) is 23.7 Å². The van der Waals surface area contributed by atoms with E-state index >= 15 is 0 Å². The molecule has 0 saturated heterocycles. The van der Waals surface area contributed by atoms with Crippen LogP contribution in [0.4, 0.5) is 11.5 Å².